The summed E-state index contributed by atoms with van der Waals surface area (Å²) in [6, 6.07) is 7.83. The summed E-state index contributed by atoms with van der Waals surface area (Å²) in [5.41, 5.74) is 2.17. The highest BCUT2D eigenvalue weighted by atomic mass is 16.5. The molecule has 0 radical (unpaired) electrons. The summed E-state index contributed by atoms with van der Waals surface area (Å²) >= 11 is 0. The lowest BCUT2D eigenvalue weighted by Crippen LogP contribution is -2.45. The molecule has 2 heterocycles. The van der Waals surface area contributed by atoms with E-state index in [-0.39, 0.29) is 18.2 Å². The fourth-order valence-electron chi connectivity index (χ4n) is 2.90. The van der Waals surface area contributed by atoms with Crippen molar-refractivity contribution in [1.29, 1.82) is 0 Å². The Balaban J connectivity index is 1.53. The van der Waals surface area contributed by atoms with Crippen LogP contribution in [0.3, 0.4) is 0 Å². The molecule has 3 rings (SSSR count). The third kappa shape index (κ3) is 4.32. The number of amides is 2. The van der Waals surface area contributed by atoms with Crippen molar-refractivity contribution >= 4 is 6.03 Å². The smallest absolute Gasteiger partial charge is 0.315 e. The van der Waals surface area contributed by atoms with Gasteiger partial charge in [0.05, 0.1) is 18.7 Å². The minimum atomic E-state index is -0.173. The molecule has 7 nitrogen and oxygen atoms in total. The maximum Gasteiger partial charge on any atom is 0.315 e. The molecule has 7 heteroatoms. The van der Waals surface area contributed by atoms with Gasteiger partial charge in [-0.2, -0.15) is 5.10 Å². The zero-order chi connectivity index (χ0) is 16.8. The fraction of sp³-hybridized carbons (Fsp3) is 0.471. The molecule has 0 saturated carbocycles. The molecule has 128 valence electrons. The van der Waals surface area contributed by atoms with E-state index in [4.69, 9.17) is 4.74 Å². The van der Waals surface area contributed by atoms with Gasteiger partial charge >= 0.3 is 6.03 Å². The molecule has 1 saturated heterocycles. The average Bonchev–Trinajstić information content (AvgIpc) is 3.27. The second kappa shape index (κ2) is 7.92. The Morgan fingerprint density at radius 3 is 2.96 bits per heavy atom. The number of benzene rings is 1. The summed E-state index contributed by atoms with van der Waals surface area (Å²) in [7, 11) is 0. The van der Waals surface area contributed by atoms with E-state index in [9.17, 15) is 4.79 Å². The van der Waals surface area contributed by atoms with Crippen molar-refractivity contribution in [1.82, 2.24) is 25.4 Å². The lowest BCUT2D eigenvalue weighted by Gasteiger charge is -2.20. The first-order valence-corrected chi connectivity index (χ1v) is 8.27. The number of hydrogen-bond donors (Lipinski definition) is 2. The van der Waals surface area contributed by atoms with Crippen LogP contribution in [-0.4, -0.2) is 39.5 Å². The third-order valence-corrected chi connectivity index (χ3v) is 4.24. The van der Waals surface area contributed by atoms with E-state index in [0.29, 0.717) is 13.1 Å². The summed E-state index contributed by atoms with van der Waals surface area (Å²) in [5.74, 6) is 0. The van der Waals surface area contributed by atoms with Crippen LogP contribution < -0.4 is 10.6 Å². The van der Waals surface area contributed by atoms with E-state index >= 15 is 0 Å². The highest BCUT2D eigenvalue weighted by molar-refractivity contribution is 5.74. The summed E-state index contributed by atoms with van der Waals surface area (Å²) in [6.45, 7) is 3.86. The molecule has 2 aromatic rings. The molecule has 1 aliphatic rings. The largest absolute Gasteiger partial charge is 0.376 e. The maximum atomic E-state index is 12.1. The molecule has 0 spiro atoms. The number of carbonyl (C=O) groups is 1. The first kappa shape index (κ1) is 16.4. The first-order chi connectivity index (χ1) is 11.7. The van der Waals surface area contributed by atoms with Gasteiger partial charge in [-0.15, -0.1) is 0 Å². The Bertz CT molecular complexity index is 653. The second-order valence-electron chi connectivity index (χ2n) is 6.03. The SMILES string of the molecule is C[C@H](NC(=O)NCc1ccccc1Cn1cncn1)[C@H]1CCCO1. The lowest BCUT2D eigenvalue weighted by atomic mass is 10.1. The monoisotopic (exact) mass is 329 g/mol. The van der Waals surface area contributed by atoms with Crippen molar-refractivity contribution in [3.63, 3.8) is 0 Å². The predicted octanol–water partition coefficient (Wildman–Crippen LogP) is 1.69. The highest BCUT2D eigenvalue weighted by Gasteiger charge is 2.23. The van der Waals surface area contributed by atoms with E-state index in [0.717, 1.165) is 30.6 Å². The lowest BCUT2D eigenvalue weighted by molar-refractivity contribution is 0.0860. The van der Waals surface area contributed by atoms with E-state index in [1.165, 1.54) is 6.33 Å². The molecule has 2 atom stereocenters. The molecule has 1 aliphatic heterocycles. The van der Waals surface area contributed by atoms with Gasteiger partial charge in [0, 0.05) is 13.2 Å². The molecule has 1 aromatic heterocycles. The fourth-order valence-corrected chi connectivity index (χ4v) is 2.90. The summed E-state index contributed by atoms with van der Waals surface area (Å²) in [5, 5.41) is 10.0. The Kier molecular flexibility index (Phi) is 5.43. The molecular formula is C17H23N5O2. The Hall–Kier alpha value is -2.41. The highest BCUT2D eigenvalue weighted by Crippen LogP contribution is 2.15. The van der Waals surface area contributed by atoms with Gasteiger partial charge in [-0.05, 0) is 30.9 Å². The van der Waals surface area contributed by atoms with Crippen molar-refractivity contribution in [2.75, 3.05) is 6.61 Å². The van der Waals surface area contributed by atoms with E-state index in [1.54, 1.807) is 11.0 Å². The Labute approximate surface area is 141 Å². The normalized spacial score (nSPS) is 18.3. The number of rotatable bonds is 6. The van der Waals surface area contributed by atoms with Gasteiger partial charge in [0.2, 0.25) is 0 Å². The predicted molar refractivity (Wildman–Crippen MR) is 89.4 cm³/mol. The number of hydrogen-bond acceptors (Lipinski definition) is 4. The van der Waals surface area contributed by atoms with Crippen LogP contribution in [0.4, 0.5) is 4.79 Å². The number of nitrogens with one attached hydrogen (secondary N) is 2. The number of urea groups is 1. The molecule has 0 aliphatic carbocycles. The number of aromatic nitrogens is 3. The van der Waals surface area contributed by atoms with Crippen LogP contribution in [-0.2, 0) is 17.8 Å². The quantitative estimate of drug-likeness (QED) is 0.845. The van der Waals surface area contributed by atoms with Crippen molar-refractivity contribution in [2.24, 2.45) is 0 Å². The van der Waals surface area contributed by atoms with Gasteiger partial charge in [-0.3, -0.25) is 0 Å². The minimum absolute atomic E-state index is 0.0119. The Morgan fingerprint density at radius 1 is 1.42 bits per heavy atom. The summed E-state index contributed by atoms with van der Waals surface area (Å²) in [4.78, 5) is 16.1. The number of nitrogens with zero attached hydrogens (tertiary/aromatic N) is 3. The van der Waals surface area contributed by atoms with Crippen LogP contribution in [0.2, 0.25) is 0 Å². The van der Waals surface area contributed by atoms with Crippen LogP contribution in [0.15, 0.2) is 36.9 Å². The van der Waals surface area contributed by atoms with E-state index in [1.807, 2.05) is 31.2 Å². The van der Waals surface area contributed by atoms with Crippen LogP contribution in [0, 0.1) is 0 Å². The molecule has 1 fully saturated rings. The maximum absolute atomic E-state index is 12.1. The van der Waals surface area contributed by atoms with Gasteiger partial charge in [0.15, 0.2) is 0 Å². The standard InChI is InChI=1S/C17H23N5O2/c1-13(16-7-4-8-24-16)21-17(23)19-9-14-5-2-3-6-15(14)10-22-12-18-11-20-22/h2-3,5-6,11-13,16H,4,7-10H2,1H3,(H2,19,21,23)/t13-,16+/m0/s1. The van der Waals surface area contributed by atoms with Gasteiger partial charge in [0.1, 0.15) is 12.7 Å². The number of ether oxygens (including phenoxy) is 1. The van der Waals surface area contributed by atoms with Gasteiger partial charge in [-0.1, -0.05) is 24.3 Å². The van der Waals surface area contributed by atoms with E-state index in [2.05, 4.69) is 20.7 Å². The van der Waals surface area contributed by atoms with Crippen LogP contribution in [0.1, 0.15) is 30.9 Å². The average molecular weight is 329 g/mol. The molecule has 1 aromatic carbocycles. The molecule has 0 bridgehead atoms. The van der Waals surface area contributed by atoms with Crippen LogP contribution in [0.25, 0.3) is 0 Å². The van der Waals surface area contributed by atoms with E-state index < -0.39 is 0 Å². The Morgan fingerprint density at radius 2 is 2.25 bits per heavy atom. The van der Waals surface area contributed by atoms with Gasteiger partial charge < -0.3 is 15.4 Å². The molecule has 24 heavy (non-hydrogen) atoms. The number of carbonyl (C=O) groups excluding carboxylic acids is 1. The first-order valence-electron chi connectivity index (χ1n) is 8.27. The van der Waals surface area contributed by atoms with Crippen molar-refractivity contribution in [3.8, 4) is 0 Å². The summed E-state index contributed by atoms with van der Waals surface area (Å²) in [6.07, 6.45) is 5.38. The zero-order valence-electron chi connectivity index (χ0n) is 13.8. The van der Waals surface area contributed by atoms with Gasteiger partial charge in [-0.25, -0.2) is 14.5 Å². The van der Waals surface area contributed by atoms with Crippen molar-refractivity contribution in [2.45, 2.75) is 45.0 Å². The van der Waals surface area contributed by atoms with Crippen molar-refractivity contribution in [3.05, 3.63) is 48.0 Å². The topological polar surface area (TPSA) is 81.1 Å². The minimum Gasteiger partial charge on any atom is -0.376 e. The zero-order valence-corrected chi connectivity index (χ0v) is 13.8. The van der Waals surface area contributed by atoms with Crippen LogP contribution >= 0.6 is 0 Å². The molecule has 2 N–H and O–H groups in total. The van der Waals surface area contributed by atoms with Gasteiger partial charge in [0.25, 0.3) is 0 Å². The molecule has 0 unspecified atom stereocenters. The summed E-state index contributed by atoms with van der Waals surface area (Å²) < 4.78 is 7.36. The molecule has 2 amide bonds. The second-order valence-corrected chi connectivity index (χ2v) is 6.03. The van der Waals surface area contributed by atoms with Crippen LogP contribution in [0.5, 0.6) is 0 Å². The third-order valence-electron chi connectivity index (χ3n) is 4.24. The molecular weight excluding hydrogens is 306 g/mol. The van der Waals surface area contributed by atoms with Crippen molar-refractivity contribution < 1.29 is 9.53 Å².